The first kappa shape index (κ1) is 14.8. The molecule has 5 heteroatoms. The Bertz CT molecular complexity index is 679. The highest BCUT2D eigenvalue weighted by Crippen LogP contribution is 2.29. The second-order valence-corrected chi connectivity index (χ2v) is 6.41. The second kappa shape index (κ2) is 5.57. The molecule has 1 amide bonds. The molecule has 5 nitrogen and oxygen atoms in total. The van der Waals surface area contributed by atoms with Gasteiger partial charge in [0.1, 0.15) is 0 Å². The van der Waals surface area contributed by atoms with Gasteiger partial charge in [0.2, 0.25) is 0 Å². The number of aryl methyl sites for hydroxylation is 1. The number of nitrogens with two attached hydrogens (primary N) is 1. The summed E-state index contributed by atoms with van der Waals surface area (Å²) in [6, 6.07) is 11.7. The SMILES string of the molecule is Cc1cc(C(=O)N2CCC(C)(CN)C2)nn1-c1ccccc1. The van der Waals surface area contributed by atoms with Crippen LogP contribution in [0.25, 0.3) is 5.69 Å². The number of rotatable bonds is 3. The molecule has 116 valence electrons. The van der Waals surface area contributed by atoms with Crippen LogP contribution in [-0.2, 0) is 0 Å². The van der Waals surface area contributed by atoms with Gasteiger partial charge in [-0.25, -0.2) is 4.68 Å². The van der Waals surface area contributed by atoms with E-state index in [1.807, 2.05) is 52.9 Å². The van der Waals surface area contributed by atoms with E-state index in [1.165, 1.54) is 0 Å². The fourth-order valence-corrected chi connectivity index (χ4v) is 2.94. The van der Waals surface area contributed by atoms with Crippen molar-refractivity contribution < 1.29 is 4.79 Å². The number of para-hydroxylation sites is 1. The first-order valence-electron chi connectivity index (χ1n) is 7.64. The zero-order valence-corrected chi connectivity index (χ0v) is 13.1. The molecule has 3 rings (SSSR count). The number of benzene rings is 1. The summed E-state index contributed by atoms with van der Waals surface area (Å²) in [6.45, 7) is 6.16. The molecule has 2 N–H and O–H groups in total. The van der Waals surface area contributed by atoms with E-state index in [1.54, 1.807) is 0 Å². The summed E-state index contributed by atoms with van der Waals surface area (Å²) in [5.41, 5.74) is 8.27. The normalized spacial score (nSPS) is 21.3. The fourth-order valence-electron chi connectivity index (χ4n) is 2.94. The highest BCUT2D eigenvalue weighted by atomic mass is 16.2. The van der Waals surface area contributed by atoms with Gasteiger partial charge in [0.15, 0.2) is 5.69 Å². The maximum Gasteiger partial charge on any atom is 0.274 e. The van der Waals surface area contributed by atoms with Crippen molar-refractivity contribution >= 4 is 5.91 Å². The number of nitrogens with zero attached hydrogens (tertiary/aromatic N) is 3. The molecule has 1 fully saturated rings. The fraction of sp³-hybridized carbons (Fsp3) is 0.412. The summed E-state index contributed by atoms with van der Waals surface area (Å²) in [5.74, 6) is -0.00467. The van der Waals surface area contributed by atoms with E-state index in [2.05, 4.69) is 12.0 Å². The molecule has 0 radical (unpaired) electrons. The maximum atomic E-state index is 12.7. The largest absolute Gasteiger partial charge is 0.337 e. The monoisotopic (exact) mass is 298 g/mol. The molecular formula is C17H22N4O. The van der Waals surface area contributed by atoms with E-state index in [4.69, 9.17) is 5.73 Å². The van der Waals surface area contributed by atoms with E-state index in [0.29, 0.717) is 18.8 Å². The molecule has 22 heavy (non-hydrogen) atoms. The topological polar surface area (TPSA) is 64.2 Å². The molecule has 0 spiro atoms. The molecule has 1 aromatic heterocycles. The van der Waals surface area contributed by atoms with Crippen molar-refractivity contribution in [1.29, 1.82) is 0 Å². The van der Waals surface area contributed by atoms with Gasteiger partial charge in [-0.1, -0.05) is 25.1 Å². The minimum atomic E-state index is -0.00467. The Morgan fingerprint density at radius 3 is 2.73 bits per heavy atom. The Hall–Kier alpha value is -2.14. The van der Waals surface area contributed by atoms with Crippen LogP contribution >= 0.6 is 0 Å². The van der Waals surface area contributed by atoms with Gasteiger partial charge in [-0.2, -0.15) is 5.10 Å². The summed E-state index contributed by atoms with van der Waals surface area (Å²) in [6.07, 6.45) is 0.952. The summed E-state index contributed by atoms with van der Waals surface area (Å²) in [5, 5.41) is 4.49. The van der Waals surface area contributed by atoms with E-state index in [9.17, 15) is 4.79 Å². The Balaban J connectivity index is 1.83. The number of hydrogen-bond donors (Lipinski definition) is 1. The number of hydrogen-bond acceptors (Lipinski definition) is 3. The molecule has 1 aliphatic heterocycles. The number of carbonyl (C=O) groups excluding carboxylic acids is 1. The van der Waals surface area contributed by atoms with E-state index in [0.717, 1.165) is 24.3 Å². The molecule has 1 saturated heterocycles. The van der Waals surface area contributed by atoms with Crippen LogP contribution in [0.5, 0.6) is 0 Å². The van der Waals surface area contributed by atoms with Crippen LogP contribution in [0.15, 0.2) is 36.4 Å². The quantitative estimate of drug-likeness (QED) is 0.942. The van der Waals surface area contributed by atoms with Crippen LogP contribution in [0, 0.1) is 12.3 Å². The lowest BCUT2D eigenvalue weighted by Crippen LogP contribution is -2.34. The Kier molecular flexibility index (Phi) is 3.74. The lowest BCUT2D eigenvalue weighted by atomic mass is 9.90. The van der Waals surface area contributed by atoms with Gasteiger partial charge in [-0.15, -0.1) is 0 Å². The van der Waals surface area contributed by atoms with Crippen molar-refractivity contribution in [2.75, 3.05) is 19.6 Å². The Morgan fingerprint density at radius 1 is 1.36 bits per heavy atom. The van der Waals surface area contributed by atoms with Gasteiger partial charge in [0.25, 0.3) is 5.91 Å². The standard InChI is InChI=1S/C17H22N4O/c1-13-10-15(19-21(13)14-6-4-3-5-7-14)16(22)20-9-8-17(2,11-18)12-20/h3-7,10H,8-9,11-12,18H2,1-2H3. The summed E-state index contributed by atoms with van der Waals surface area (Å²) < 4.78 is 1.81. The van der Waals surface area contributed by atoms with Crippen LogP contribution in [0.1, 0.15) is 29.5 Å². The van der Waals surface area contributed by atoms with Crippen molar-refractivity contribution in [3.05, 3.63) is 47.8 Å². The summed E-state index contributed by atoms with van der Waals surface area (Å²) in [4.78, 5) is 14.5. The van der Waals surface area contributed by atoms with Gasteiger partial charge in [-0.3, -0.25) is 4.79 Å². The predicted molar refractivity (Wildman–Crippen MR) is 86.0 cm³/mol. The van der Waals surface area contributed by atoms with Crippen molar-refractivity contribution in [3.63, 3.8) is 0 Å². The summed E-state index contributed by atoms with van der Waals surface area (Å²) >= 11 is 0. The molecule has 0 bridgehead atoms. The van der Waals surface area contributed by atoms with Gasteiger partial charge in [0, 0.05) is 18.8 Å². The third kappa shape index (κ3) is 2.64. The van der Waals surface area contributed by atoms with Crippen LogP contribution in [0.4, 0.5) is 0 Å². The minimum absolute atomic E-state index is 0.00467. The molecular weight excluding hydrogens is 276 g/mol. The highest BCUT2D eigenvalue weighted by Gasteiger charge is 2.35. The number of likely N-dealkylation sites (tertiary alicyclic amines) is 1. The lowest BCUT2D eigenvalue weighted by Gasteiger charge is -2.22. The second-order valence-electron chi connectivity index (χ2n) is 6.41. The van der Waals surface area contributed by atoms with Crippen molar-refractivity contribution in [3.8, 4) is 5.69 Å². The molecule has 1 unspecified atom stereocenters. The Labute approximate surface area is 130 Å². The average molecular weight is 298 g/mol. The molecule has 1 aromatic carbocycles. The predicted octanol–water partition coefficient (Wildman–Crippen LogP) is 1.99. The molecule has 2 heterocycles. The molecule has 0 aliphatic carbocycles. The molecule has 0 saturated carbocycles. The van der Waals surface area contributed by atoms with Gasteiger partial charge < -0.3 is 10.6 Å². The lowest BCUT2D eigenvalue weighted by molar-refractivity contribution is 0.0770. The number of aromatic nitrogens is 2. The van der Waals surface area contributed by atoms with Crippen molar-refractivity contribution in [1.82, 2.24) is 14.7 Å². The van der Waals surface area contributed by atoms with E-state index < -0.39 is 0 Å². The van der Waals surface area contributed by atoms with E-state index >= 15 is 0 Å². The highest BCUT2D eigenvalue weighted by molar-refractivity contribution is 5.92. The van der Waals surface area contributed by atoms with Crippen LogP contribution < -0.4 is 5.73 Å². The van der Waals surface area contributed by atoms with E-state index in [-0.39, 0.29) is 11.3 Å². The molecule has 1 aliphatic rings. The zero-order valence-electron chi connectivity index (χ0n) is 13.1. The average Bonchev–Trinajstić information content (AvgIpc) is 3.12. The summed E-state index contributed by atoms with van der Waals surface area (Å²) in [7, 11) is 0. The first-order valence-corrected chi connectivity index (χ1v) is 7.64. The van der Waals surface area contributed by atoms with Gasteiger partial charge in [0.05, 0.1) is 5.69 Å². The smallest absolute Gasteiger partial charge is 0.274 e. The molecule has 1 atom stereocenters. The molecule has 2 aromatic rings. The van der Waals surface area contributed by atoms with Crippen LogP contribution in [-0.4, -0.2) is 40.2 Å². The zero-order chi connectivity index (χ0) is 15.7. The third-order valence-electron chi connectivity index (χ3n) is 4.45. The van der Waals surface area contributed by atoms with Gasteiger partial charge >= 0.3 is 0 Å². The Morgan fingerprint density at radius 2 is 2.09 bits per heavy atom. The number of carbonyl (C=O) groups is 1. The maximum absolute atomic E-state index is 12.7. The minimum Gasteiger partial charge on any atom is -0.337 e. The first-order chi connectivity index (χ1) is 10.5. The van der Waals surface area contributed by atoms with Gasteiger partial charge in [-0.05, 0) is 43.5 Å². The van der Waals surface area contributed by atoms with Crippen LogP contribution in [0.2, 0.25) is 0 Å². The number of amides is 1. The van der Waals surface area contributed by atoms with Crippen molar-refractivity contribution in [2.24, 2.45) is 11.1 Å². The van der Waals surface area contributed by atoms with Crippen molar-refractivity contribution in [2.45, 2.75) is 20.3 Å². The third-order valence-corrected chi connectivity index (χ3v) is 4.45. The van der Waals surface area contributed by atoms with Crippen LogP contribution in [0.3, 0.4) is 0 Å².